The highest BCUT2D eigenvalue weighted by molar-refractivity contribution is 6.21. The van der Waals surface area contributed by atoms with Gasteiger partial charge in [-0.25, -0.2) is 0 Å². The van der Waals surface area contributed by atoms with Crippen molar-refractivity contribution in [2.45, 2.75) is 260 Å². The van der Waals surface area contributed by atoms with Crippen molar-refractivity contribution in [3.05, 3.63) is 0 Å². The molecule has 0 aromatic rings. The maximum Gasteiger partial charge on any atom is 0.393 e. The van der Waals surface area contributed by atoms with Gasteiger partial charge < -0.3 is 65.2 Å². The van der Waals surface area contributed by atoms with Gasteiger partial charge >= 0.3 is 6.18 Å². The summed E-state index contributed by atoms with van der Waals surface area (Å²) >= 11 is 6.40. The summed E-state index contributed by atoms with van der Waals surface area (Å²) in [6.45, 7) is 3.82. The van der Waals surface area contributed by atoms with Crippen molar-refractivity contribution in [1.82, 2.24) is 60.0 Å². The zero-order valence-electron chi connectivity index (χ0n) is 60.8. The lowest BCUT2D eigenvalue weighted by Gasteiger charge is -2.43. The third-order valence-corrected chi connectivity index (χ3v) is 23.6. The van der Waals surface area contributed by atoms with Crippen LogP contribution in [-0.2, 0) is 57.5 Å². The van der Waals surface area contributed by atoms with Crippen LogP contribution in [0, 0.1) is 29.6 Å². The topological polar surface area (TPSA) is 290 Å². The zero-order valence-corrected chi connectivity index (χ0v) is 61.6. The summed E-state index contributed by atoms with van der Waals surface area (Å²) in [7, 11) is 9.73. The number of nitrogens with zero attached hydrogens (tertiary/aromatic N) is 9. The molecule has 1 spiro atoms. The summed E-state index contributed by atoms with van der Waals surface area (Å²) in [5.41, 5.74) is -1.57. The van der Waals surface area contributed by atoms with E-state index in [0.29, 0.717) is 64.5 Å². The third-order valence-electron chi connectivity index (χ3n) is 23.1. The SMILES string of the molecule is CC[C@H](C)[C@@H]1NC(=O)[C@H]([C@@H](C)O)N(C)C(=O)C[C@@H](C(=O)N2CCCCC2)N(C)C(=O)[C@H](C2CCCCC2)N(C)C(=O)C2(CCCC2)NC(=O)[C@@H]2CCCN2C(=O)[C@H](CCC2CCC(C(F)(F)F)C(Cl)C2)NC(=O)CN(C)C(=O)[C@H](CC2CCCCC2)N(C)C(=O)CN(C)C(=O)CN(C)C1=O. The number of halogens is 4. The van der Waals surface area contributed by atoms with Crippen molar-refractivity contribution < 1.29 is 75.8 Å². The van der Waals surface area contributed by atoms with Crippen molar-refractivity contribution in [3.8, 4) is 0 Å². The lowest BCUT2D eigenvalue weighted by Crippen LogP contribution is -2.65. The molecule has 0 aromatic carbocycles. The molecule has 100 heavy (non-hydrogen) atoms. The Hall–Kier alpha value is -6.32. The second kappa shape index (κ2) is 36.2. The van der Waals surface area contributed by atoms with E-state index in [-0.39, 0.29) is 76.2 Å². The van der Waals surface area contributed by atoms with Crippen LogP contribution in [-0.4, -0.2) is 274 Å². The molecule has 7 aliphatic rings. The number of carbonyl (C=O) groups is 12. The number of fused-ring (bicyclic) bond motifs is 1. The molecule has 12 amide bonds. The maximum atomic E-state index is 15.8. The number of hydrogen-bond acceptors (Lipinski definition) is 13. The summed E-state index contributed by atoms with van der Waals surface area (Å²) < 4.78 is 42.0. The average Bonchev–Trinajstić information content (AvgIpc) is 1.50. The van der Waals surface area contributed by atoms with E-state index in [1.165, 1.54) is 75.9 Å². The standard InChI is InChI=1S/C71H114ClF3N12O13/c1-11-44(2)59-67(98)81(6)42-57(91)79(4)43-58(92)82(7)53(39-46-24-15-12-16-25-46)65(96)80(5)41-55(89)76-51(32-30-47-29-31-49(50(72)38-47)71(73,74)75)64(95)87-37-23-28-52(87)62(93)78-70(33-19-20-34-70)69(100)85(10)61(48-26-17-13-18-27-48)68(99)83(8)54(66(97)86-35-21-14-22-36-86)40-56(90)84(9)60(45(3)88)63(94)77-59/h44-54,59-61,88H,11-43H2,1-10H3,(H,76,89)(H,77,94)(H,78,93)/t44-,45+,47?,49?,50?,51-,52-,53-,54-,59-,60-,61-/m0/s1. The molecule has 0 aromatic heterocycles. The number of likely N-dealkylation sites (N-methyl/N-ethyl adjacent to an activating group) is 7. The average molecular weight is 1440 g/mol. The molecule has 7 rings (SSSR count). The molecule has 3 aliphatic heterocycles. The lowest BCUT2D eigenvalue weighted by atomic mass is 9.78. The molecule has 0 bridgehead atoms. The van der Waals surface area contributed by atoms with E-state index < -0.39 is 180 Å². The van der Waals surface area contributed by atoms with Crippen LogP contribution in [0.2, 0.25) is 0 Å². The van der Waals surface area contributed by atoms with Crippen LogP contribution in [0.5, 0.6) is 0 Å². The van der Waals surface area contributed by atoms with Gasteiger partial charge in [0.2, 0.25) is 70.9 Å². The van der Waals surface area contributed by atoms with E-state index >= 15 is 24.0 Å². The van der Waals surface area contributed by atoms with Gasteiger partial charge in [0.05, 0.1) is 38.1 Å². The minimum atomic E-state index is -4.51. The van der Waals surface area contributed by atoms with E-state index in [1.54, 1.807) is 18.7 Å². The number of rotatable bonds is 10. The quantitative estimate of drug-likeness (QED) is 0.214. The minimum Gasteiger partial charge on any atom is -0.391 e. The van der Waals surface area contributed by atoms with Crippen LogP contribution in [0.25, 0.3) is 0 Å². The Morgan fingerprint density at radius 2 is 1.20 bits per heavy atom. The van der Waals surface area contributed by atoms with E-state index in [0.717, 1.165) is 77.4 Å². The van der Waals surface area contributed by atoms with Gasteiger partial charge in [-0.1, -0.05) is 84.5 Å². The molecule has 3 saturated heterocycles. The smallest absolute Gasteiger partial charge is 0.391 e. The van der Waals surface area contributed by atoms with Gasteiger partial charge in [-0.15, -0.1) is 11.6 Å². The van der Waals surface area contributed by atoms with Crippen LogP contribution in [0.3, 0.4) is 0 Å². The van der Waals surface area contributed by atoms with Gasteiger partial charge in [-0.3, -0.25) is 57.5 Å². The molecule has 29 heteroatoms. The molecule has 564 valence electrons. The summed E-state index contributed by atoms with van der Waals surface area (Å²) in [5, 5.41) is 18.8. The number of aliphatic hydroxyl groups excluding tert-OH is 1. The fourth-order valence-corrected chi connectivity index (χ4v) is 17.1. The first kappa shape index (κ1) is 81.0. The van der Waals surface area contributed by atoms with Crippen LogP contribution < -0.4 is 16.0 Å². The number of likely N-dealkylation sites (tertiary alicyclic amines) is 1. The van der Waals surface area contributed by atoms with E-state index in [2.05, 4.69) is 16.0 Å². The fourth-order valence-electron chi connectivity index (χ4n) is 16.6. The summed E-state index contributed by atoms with van der Waals surface area (Å²) in [6.07, 6.45) is 5.66. The van der Waals surface area contributed by atoms with Crippen LogP contribution in [0.15, 0.2) is 0 Å². The molecule has 0 radical (unpaired) electrons. The highest BCUT2D eigenvalue weighted by Crippen LogP contribution is 2.44. The number of amides is 12. The maximum absolute atomic E-state index is 15.8. The molecule has 25 nitrogen and oxygen atoms in total. The summed E-state index contributed by atoms with van der Waals surface area (Å²) in [5.74, 6) is -11.2. The lowest BCUT2D eigenvalue weighted by molar-refractivity contribution is -0.182. The molecule has 3 unspecified atom stereocenters. The predicted molar refractivity (Wildman–Crippen MR) is 367 cm³/mol. The Morgan fingerprint density at radius 3 is 1.80 bits per heavy atom. The molecule has 4 aliphatic carbocycles. The monoisotopic (exact) mass is 1430 g/mol. The highest BCUT2D eigenvalue weighted by atomic mass is 35.5. The van der Waals surface area contributed by atoms with Crippen molar-refractivity contribution in [1.29, 1.82) is 0 Å². The summed E-state index contributed by atoms with van der Waals surface area (Å²) in [6, 6.07) is -9.26. The van der Waals surface area contributed by atoms with Crippen molar-refractivity contribution >= 4 is 82.5 Å². The third kappa shape index (κ3) is 20.1. The van der Waals surface area contributed by atoms with E-state index in [9.17, 15) is 51.8 Å². The Kier molecular flexibility index (Phi) is 29.3. The Balaban J connectivity index is 1.27. The Morgan fingerprint density at radius 1 is 0.600 bits per heavy atom. The minimum absolute atomic E-state index is 0.00457. The molecule has 7 fully saturated rings. The molecule has 4 N–H and O–H groups in total. The van der Waals surface area contributed by atoms with Crippen LogP contribution in [0.1, 0.15) is 194 Å². The number of aliphatic hydroxyl groups is 1. The Bertz CT molecular complexity index is 2900. The van der Waals surface area contributed by atoms with E-state index in [1.807, 2.05) is 0 Å². The van der Waals surface area contributed by atoms with Crippen molar-refractivity contribution in [2.75, 3.05) is 88.6 Å². The van der Waals surface area contributed by atoms with Gasteiger partial charge in [0.25, 0.3) is 0 Å². The first-order valence-electron chi connectivity index (χ1n) is 36.9. The zero-order chi connectivity index (χ0) is 73.7. The number of nitrogens with one attached hydrogen (secondary N) is 3. The molecule has 4 saturated carbocycles. The van der Waals surface area contributed by atoms with Gasteiger partial charge in [0, 0.05) is 74.3 Å². The van der Waals surface area contributed by atoms with Gasteiger partial charge in [-0.05, 0) is 127 Å². The van der Waals surface area contributed by atoms with Gasteiger partial charge in [0.15, 0.2) is 0 Å². The fraction of sp³-hybridized carbons (Fsp3) is 0.831. The van der Waals surface area contributed by atoms with Gasteiger partial charge in [0.1, 0.15) is 47.8 Å². The van der Waals surface area contributed by atoms with Crippen LogP contribution in [0.4, 0.5) is 13.2 Å². The van der Waals surface area contributed by atoms with Crippen molar-refractivity contribution in [2.24, 2.45) is 29.6 Å². The highest BCUT2D eigenvalue weighted by Gasteiger charge is 2.52. The Labute approximate surface area is 593 Å². The van der Waals surface area contributed by atoms with Crippen molar-refractivity contribution in [3.63, 3.8) is 0 Å². The normalized spacial score (nSPS) is 30.4. The van der Waals surface area contributed by atoms with Gasteiger partial charge in [-0.2, -0.15) is 13.2 Å². The molecular weight excluding hydrogens is 1320 g/mol. The summed E-state index contributed by atoms with van der Waals surface area (Å²) in [4.78, 5) is 190. The second-order valence-electron chi connectivity index (χ2n) is 30.3. The largest absolute Gasteiger partial charge is 0.393 e. The number of alkyl halides is 4. The first-order chi connectivity index (χ1) is 47.2. The predicted octanol–water partition coefficient (Wildman–Crippen LogP) is 4.82. The first-order valence-corrected chi connectivity index (χ1v) is 37.3. The van der Waals surface area contributed by atoms with E-state index in [4.69, 9.17) is 11.6 Å². The molecular formula is C71H114ClF3N12O13. The number of piperidine rings is 1. The number of hydrogen-bond donors (Lipinski definition) is 4. The second-order valence-corrected chi connectivity index (χ2v) is 30.8. The molecule has 3 heterocycles. The number of carbonyl (C=O) groups excluding carboxylic acids is 12. The molecule has 12 atom stereocenters. The van der Waals surface area contributed by atoms with Crippen LogP contribution >= 0.6 is 11.6 Å².